The highest BCUT2D eigenvalue weighted by molar-refractivity contribution is 14.1. The van der Waals surface area contributed by atoms with E-state index in [0.717, 1.165) is 0 Å². The Hall–Kier alpha value is -0.470. The molecule has 0 aliphatic heterocycles. The molecule has 0 aliphatic carbocycles. The second-order valence-electron chi connectivity index (χ2n) is 2.27. The molecule has 0 spiro atoms. The van der Waals surface area contributed by atoms with Gasteiger partial charge in [0.2, 0.25) is 3.79 Å². The van der Waals surface area contributed by atoms with Crippen LogP contribution in [0, 0.1) is 0 Å². The van der Waals surface area contributed by atoms with Crippen molar-refractivity contribution in [2.24, 2.45) is 0 Å². The molecule has 4 nitrogen and oxygen atoms in total. The van der Waals surface area contributed by atoms with Crippen LogP contribution in [-0.2, 0) is 10.1 Å². The lowest BCUT2D eigenvalue weighted by Crippen LogP contribution is -1.98. The zero-order valence-electron chi connectivity index (χ0n) is 6.27. The first-order valence-electron chi connectivity index (χ1n) is 3.18. The van der Waals surface area contributed by atoms with Crippen molar-refractivity contribution < 1.29 is 17.8 Å². The minimum Gasteiger partial charge on any atom is -0.282 e. The number of carbonyl (C=O) groups is 1. The summed E-state index contributed by atoms with van der Waals surface area (Å²) in [6.07, 6.45) is 0. The molecule has 0 amide bonds. The van der Waals surface area contributed by atoms with Crippen molar-refractivity contribution in [1.29, 1.82) is 0 Å². The van der Waals surface area contributed by atoms with E-state index in [-0.39, 0.29) is 8.69 Å². The van der Waals surface area contributed by atoms with Gasteiger partial charge in [-0.25, -0.2) is 0 Å². The van der Waals surface area contributed by atoms with Gasteiger partial charge < -0.3 is 0 Å². The summed E-state index contributed by atoms with van der Waals surface area (Å²) in [7, 11) is -4.16. The van der Waals surface area contributed by atoms with Gasteiger partial charge in [0.05, 0.1) is 4.90 Å². The predicted molar refractivity (Wildman–Crippen MR) is 54.6 cm³/mol. The Balaban J connectivity index is 3.16. The second-order valence-corrected chi connectivity index (χ2v) is 4.67. The van der Waals surface area contributed by atoms with Crippen LogP contribution in [0.15, 0.2) is 29.2 Å². The minimum absolute atomic E-state index is 0.181. The molecule has 0 heterocycles. The number of rotatable bonds is 2. The highest BCUT2D eigenvalue weighted by Crippen LogP contribution is 2.12. The van der Waals surface area contributed by atoms with Crippen LogP contribution in [0.25, 0.3) is 0 Å². The van der Waals surface area contributed by atoms with E-state index in [1.54, 1.807) is 22.6 Å². The van der Waals surface area contributed by atoms with Gasteiger partial charge in [-0.15, -0.1) is 0 Å². The summed E-state index contributed by atoms with van der Waals surface area (Å²) in [5.41, 5.74) is 0.396. The lowest BCUT2D eigenvalue weighted by atomic mass is 10.2. The molecule has 0 atom stereocenters. The summed E-state index contributed by atoms with van der Waals surface area (Å²) in [4.78, 5) is 10.6. The number of benzene rings is 1. The van der Waals surface area contributed by atoms with E-state index < -0.39 is 10.1 Å². The molecule has 1 aromatic rings. The van der Waals surface area contributed by atoms with E-state index in [1.165, 1.54) is 24.3 Å². The molecule has 0 aliphatic rings. The quantitative estimate of drug-likeness (QED) is 0.510. The van der Waals surface area contributed by atoms with Crippen LogP contribution in [0.1, 0.15) is 10.4 Å². The van der Waals surface area contributed by atoms with Crippen molar-refractivity contribution in [2.75, 3.05) is 0 Å². The molecule has 70 valence electrons. The van der Waals surface area contributed by atoms with Crippen molar-refractivity contribution in [3.05, 3.63) is 29.8 Å². The second kappa shape index (κ2) is 3.72. The number of hydrogen-bond acceptors (Lipinski definition) is 3. The largest absolute Gasteiger partial charge is 0.294 e. The standard InChI is InChI=1S/C7H5IO4S/c8-7(9)5-1-3-6(4-2-5)13(10,11)12/h1-4H,(H,10,11,12). The normalized spacial score (nSPS) is 11.2. The minimum atomic E-state index is -4.16. The lowest BCUT2D eigenvalue weighted by molar-refractivity contribution is 0.110. The third kappa shape index (κ3) is 2.75. The smallest absolute Gasteiger partial charge is 0.282 e. The molecule has 1 aromatic carbocycles. The van der Waals surface area contributed by atoms with E-state index in [1.807, 2.05) is 0 Å². The summed E-state index contributed by atoms with van der Waals surface area (Å²) in [6.45, 7) is 0. The van der Waals surface area contributed by atoms with Gasteiger partial charge in [-0.1, -0.05) is 0 Å². The molecular formula is C7H5IO4S. The topological polar surface area (TPSA) is 71.4 Å². The zero-order chi connectivity index (χ0) is 10.1. The average molecular weight is 312 g/mol. The van der Waals surface area contributed by atoms with Crippen molar-refractivity contribution in [2.45, 2.75) is 4.90 Å². The lowest BCUT2D eigenvalue weighted by Gasteiger charge is -1.96. The molecular weight excluding hydrogens is 307 g/mol. The zero-order valence-corrected chi connectivity index (χ0v) is 9.24. The first-order chi connectivity index (χ1) is 5.91. The maximum absolute atomic E-state index is 10.8. The highest BCUT2D eigenvalue weighted by atomic mass is 127. The third-order valence-electron chi connectivity index (χ3n) is 1.38. The van der Waals surface area contributed by atoms with Crippen LogP contribution in [0.5, 0.6) is 0 Å². The Morgan fingerprint density at radius 1 is 1.23 bits per heavy atom. The first-order valence-corrected chi connectivity index (χ1v) is 5.70. The molecule has 0 aromatic heterocycles. The van der Waals surface area contributed by atoms with Gasteiger partial charge >= 0.3 is 0 Å². The SMILES string of the molecule is O=C(I)c1ccc(S(=O)(=O)O)cc1. The first kappa shape index (κ1) is 10.6. The van der Waals surface area contributed by atoms with Crippen LogP contribution < -0.4 is 0 Å². The number of halogens is 1. The van der Waals surface area contributed by atoms with E-state index in [9.17, 15) is 13.2 Å². The van der Waals surface area contributed by atoms with Gasteiger partial charge in [0.1, 0.15) is 0 Å². The molecule has 0 radical (unpaired) electrons. The fourth-order valence-corrected chi connectivity index (χ4v) is 1.60. The summed E-state index contributed by atoms with van der Waals surface area (Å²) in [5, 5.41) is 0. The maximum atomic E-state index is 10.8. The monoisotopic (exact) mass is 312 g/mol. The van der Waals surface area contributed by atoms with Gasteiger partial charge in [-0.2, -0.15) is 8.42 Å². The molecule has 6 heteroatoms. The van der Waals surface area contributed by atoms with Gasteiger partial charge in [0.25, 0.3) is 10.1 Å². The Morgan fingerprint density at radius 3 is 2.00 bits per heavy atom. The van der Waals surface area contributed by atoms with Crippen molar-refractivity contribution in [1.82, 2.24) is 0 Å². The number of hydrogen-bond donors (Lipinski definition) is 1. The molecule has 13 heavy (non-hydrogen) atoms. The van der Waals surface area contributed by atoms with Crippen LogP contribution in [0.3, 0.4) is 0 Å². The number of carbonyl (C=O) groups excluding carboxylic acids is 1. The average Bonchev–Trinajstić information content (AvgIpc) is 2.03. The molecule has 0 bridgehead atoms. The highest BCUT2D eigenvalue weighted by Gasteiger charge is 2.09. The Labute approximate surface area is 88.8 Å². The fraction of sp³-hybridized carbons (Fsp3) is 0. The third-order valence-corrected chi connectivity index (χ3v) is 2.87. The van der Waals surface area contributed by atoms with Crippen LogP contribution in [-0.4, -0.2) is 16.8 Å². The Bertz CT molecular complexity index is 420. The summed E-state index contributed by atoms with van der Waals surface area (Å²) < 4.78 is 29.6. The van der Waals surface area contributed by atoms with Crippen molar-refractivity contribution in [3.63, 3.8) is 0 Å². The summed E-state index contributed by atoms with van der Waals surface area (Å²) >= 11 is 1.59. The van der Waals surface area contributed by atoms with E-state index in [4.69, 9.17) is 4.55 Å². The van der Waals surface area contributed by atoms with Crippen LogP contribution in [0.4, 0.5) is 0 Å². The van der Waals surface area contributed by atoms with Gasteiger partial charge in [-0.05, 0) is 24.3 Å². The maximum Gasteiger partial charge on any atom is 0.294 e. The van der Waals surface area contributed by atoms with E-state index >= 15 is 0 Å². The van der Waals surface area contributed by atoms with Crippen molar-refractivity contribution in [3.8, 4) is 0 Å². The van der Waals surface area contributed by atoms with Gasteiger partial charge in [0.15, 0.2) is 0 Å². The molecule has 0 fully saturated rings. The van der Waals surface area contributed by atoms with E-state index in [0.29, 0.717) is 5.56 Å². The summed E-state index contributed by atoms with van der Waals surface area (Å²) in [5.74, 6) is 0. The molecule has 0 saturated carbocycles. The Kier molecular flexibility index (Phi) is 3.04. The van der Waals surface area contributed by atoms with Crippen LogP contribution in [0.2, 0.25) is 0 Å². The van der Waals surface area contributed by atoms with Gasteiger partial charge in [0, 0.05) is 28.2 Å². The summed E-state index contributed by atoms with van der Waals surface area (Å²) in [6, 6.07) is 5.05. The molecule has 1 rings (SSSR count). The predicted octanol–water partition coefficient (Wildman–Crippen LogP) is 1.51. The Morgan fingerprint density at radius 2 is 1.69 bits per heavy atom. The van der Waals surface area contributed by atoms with Gasteiger partial charge in [-0.3, -0.25) is 9.35 Å². The van der Waals surface area contributed by atoms with E-state index in [2.05, 4.69) is 0 Å². The van der Waals surface area contributed by atoms with Crippen LogP contribution >= 0.6 is 22.6 Å². The fourth-order valence-electron chi connectivity index (χ4n) is 0.758. The molecule has 0 unspecified atom stereocenters. The van der Waals surface area contributed by atoms with Crippen molar-refractivity contribution >= 4 is 36.5 Å². The molecule has 1 N–H and O–H groups in total. The molecule has 0 saturated heterocycles.